The average molecular weight is 373 g/mol. The molecule has 0 bridgehead atoms. The van der Waals surface area contributed by atoms with Crippen LogP contribution in [-0.4, -0.2) is 17.6 Å². The normalized spacial score (nSPS) is 10.4. The van der Waals surface area contributed by atoms with E-state index in [1.807, 2.05) is 31.2 Å². The number of halogens is 1. The monoisotopic (exact) mass is 373 g/mol. The van der Waals surface area contributed by atoms with Crippen LogP contribution in [0.2, 0.25) is 0 Å². The molecular formula is C19H20FN3O2S. The van der Waals surface area contributed by atoms with Gasteiger partial charge < -0.3 is 10.1 Å². The summed E-state index contributed by atoms with van der Waals surface area (Å²) in [4.78, 5) is 11.8. The van der Waals surface area contributed by atoms with Gasteiger partial charge in [0.15, 0.2) is 5.11 Å². The Balaban J connectivity index is 1.71. The summed E-state index contributed by atoms with van der Waals surface area (Å²) < 4.78 is 18.2. The number of nitrogens with one attached hydrogen (secondary N) is 3. The number of amides is 1. The van der Waals surface area contributed by atoms with Crippen molar-refractivity contribution in [1.82, 2.24) is 16.2 Å². The Kier molecular flexibility index (Phi) is 7.57. The molecule has 1 amide bonds. The van der Waals surface area contributed by atoms with E-state index in [0.29, 0.717) is 13.2 Å². The Morgan fingerprint density at radius 3 is 2.46 bits per heavy atom. The molecule has 0 heterocycles. The van der Waals surface area contributed by atoms with Crippen LogP contribution in [0.4, 0.5) is 4.39 Å². The van der Waals surface area contributed by atoms with Crippen molar-refractivity contribution in [2.45, 2.75) is 13.5 Å². The molecule has 0 radical (unpaired) electrons. The second kappa shape index (κ2) is 10.1. The van der Waals surface area contributed by atoms with Crippen LogP contribution in [0.1, 0.15) is 18.1 Å². The van der Waals surface area contributed by atoms with E-state index in [-0.39, 0.29) is 16.8 Å². The third-order valence-electron chi connectivity index (χ3n) is 3.28. The zero-order valence-electron chi connectivity index (χ0n) is 14.3. The van der Waals surface area contributed by atoms with Gasteiger partial charge in [0.05, 0.1) is 6.61 Å². The van der Waals surface area contributed by atoms with E-state index in [1.165, 1.54) is 18.2 Å². The molecule has 0 fully saturated rings. The molecule has 0 spiro atoms. The first-order valence-corrected chi connectivity index (χ1v) is 8.47. The highest BCUT2D eigenvalue weighted by Gasteiger charge is 1.99. The summed E-state index contributed by atoms with van der Waals surface area (Å²) in [5.74, 6) is 0.152. The Morgan fingerprint density at radius 2 is 1.81 bits per heavy atom. The fraction of sp³-hybridized carbons (Fsp3) is 0.158. The first-order valence-electron chi connectivity index (χ1n) is 8.06. The lowest BCUT2D eigenvalue weighted by Crippen LogP contribution is -2.45. The van der Waals surface area contributed by atoms with Crippen molar-refractivity contribution < 1.29 is 13.9 Å². The minimum Gasteiger partial charge on any atom is -0.494 e. The summed E-state index contributed by atoms with van der Waals surface area (Å²) >= 11 is 5.07. The third-order valence-corrected chi connectivity index (χ3v) is 3.53. The van der Waals surface area contributed by atoms with Gasteiger partial charge in [-0.3, -0.25) is 15.6 Å². The predicted molar refractivity (Wildman–Crippen MR) is 104 cm³/mol. The number of carbonyl (C=O) groups is 1. The van der Waals surface area contributed by atoms with Crippen molar-refractivity contribution in [1.29, 1.82) is 0 Å². The summed E-state index contributed by atoms with van der Waals surface area (Å²) in [6.45, 7) is 2.95. The molecule has 2 aromatic rings. The standard InChI is InChI=1S/C19H20FN3O2S/c1-2-25-17-10-5-14(6-11-17)7-12-18(24)22-23-19(26)21-13-15-3-8-16(20)9-4-15/h3-12H,2,13H2,1H3,(H,22,24)(H2,21,23,26)/b12-7+. The van der Waals surface area contributed by atoms with E-state index in [0.717, 1.165) is 16.9 Å². The van der Waals surface area contributed by atoms with Gasteiger partial charge in [0, 0.05) is 12.6 Å². The number of hydrogen-bond donors (Lipinski definition) is 3. The van der Waals surface area contributed by atoms with Gasteiger partial charge in [-0.1, -0.05) is 24.3 Å². The molecule has 2 aromatic carbocycles. The van der Waals surface area contributed by atoms with Gasteiger partial charge in [0.1, 0.15) is 11.6 Å². The molecule has 2 rings (SSSR count). The summed E-state index contributed by atoms with van der Waals surface area (Å²) in [6, 6.07) is 13.5. The van der Waals surface area contributed by atoms with Crippen LogP contribution < -0.4 is 20.9 Å². The molecule has 5 nitrogen and oxygen atoms in total. The topological polar surface area (TPSA) is 62.4 Å². The molecular weight excluding hydrogens is 353 g/mol. The average Bonchev–Trinajstić information content (AvgIpc) is 2.65. The maximum Gasteiger partial charge on any atom is 0.262 e. The Bertz CT molecular complexity index is 761. The summed E-state index contributed by atoms with van der Waals surface area (Å²) in [7, 11) is 0. The van der Waals surface area contributed by atoms with Crippen LogP contribution in [0.25, 0.3) is 6.08 Å². The van der Waals surface area contributed by atoms with Crippen molar-refractivity contribution in [3.05, 3.63) is 71.6 Å². The highest BCUT2D eigenvalue weighted by molar-refractivity contribution is 7.80. The zero-order valence-corrected chi connectivity index (χ0v) is 15.1. The second-order valence-electron chi connectivity index (χ2n) is 5.26. The summed E-state index contributed by atoms with van der Waals surface area (Å²) in [5.41, 5.74) is 6.82. The fourth-order valence-electron chi connectivity index (χ4n) is 2.00. The van der Waals surface area contributed by atoms with Crippen molar-refractivity contribution in [3.63, 3.8) is 0 Å². The number of rotatable bonds is 6. The molecule has 3 N–H and O–H groups in total. The molecule has 0 atom stereocenters. The Hall–Kier alpha value is -2.93. The van der Waals surface area contributed by atoms with Gasteiger partial charge in [-0.25, -0.2) is 4.39 Å². The van der Waals surface area contributed by atoms with E-state index < -0.39 is 0 Å². The van der Waals surface area contributed by atoms with Crippen LogP contribution >= 0.6 is 12.2 Å². The van der Waals surface area contributed by atoms with E-state index in [9.17, 15) is 9.18 Å². The maximum absolute atomic E-state index is 12.8. The van der Waals surface area contributed by atoms with Crippen molar-refractivity contribution in [2.24, 2.45) is 0 Å². The largest absolute Gasteiger partial charge is 0.494 e. The van der Waals surface area contributed by atoms with Crippen molar-refractivity contribution >= 4 is 29.3 Å². The number of hydrazine groups is 1. The Morgan fingerprint density at radius 1 is 1.12 bits per heavy atom. The highest BCUT2D eigenvalue weighted by Crippen LogP contribution is 2.12. The number of hydrogen-bond acceptors (Lipinski definition) is 3. The van der Waals surface area contributed by atoms with Crippen LogP contribution in [0, 0.1) is 5.82 Å². The smallest absolute Gasteiger partial charge is 0.262 e. The Labute approximate surface area is 157 Å². The predicted octanol–water partition coefficient (Wildman–Crippen LogP) is 2.93. The third kappa shape index (κ3) is 6.90. The van der Waals surface area contributed by atoms with Gasteiger partial charge in [0.25, 0.3) is 5.91 Å². The molecule has 0 saturated carbocycles. The van der Waals surface area contributed by atoms with Crippen LogP contribution in [0.5, 0.6) is 5.75 Å². The number of ether oxygens (including phenoxy) is 1. The lowest BCUT2D eigenvalue weighted by molar-refractivity contribution is -0.116. The van der Waals surface area contributed by atoms with E-state index in [2.05, 4.69) is 16.2 Å². The second-order valence-corrected chi connectivity index (χ2v) is 5.67. The maximum atomic E-state index is 12.8. The molecule has 0 aliphatic carbocycles. The van der Waals surface area contributed by atoms with Gasteiger partial charge in [0.2, 0.25) is 0 Å². The number of benzene rings is 2. The van der Waals surface area contributed by atoms with Gasteiger partial charge in [-0.2, -0.15) is 0 Å². The first kappa shape index (κ1) is 19.4. The highest BCUT2D eigenvalue weighted by atomic mass is 32.1. The molecule has 0 unspecified atom stereocenters. The zero-order chi connectivity index (χ0) is 18.8. The summed E-state index contributed by atoms with van der Waals surface area (Å²) in [6.07, 6.45) is 3.08. The van der Waals surface area contributed by atoms with Crippen molar-refractivity contribution in [2.75, 3.05) is 6.61 Å². The lowest BCUT2D eigenvalue weighted by atomic mass is 10.2. The molecule has 0 saturated heterocycles. The number of thiocarbonyl (C=S) groups is 1. The van der Waals surface area contributed by atoms with Gasteiger partial charge in [-0.05, 0) is 60.6 Å². The molecule has 0 aromatic heterocycles. The first-order chi connectivity index (χ1) is 12.6. The van der Waals surface area contributed by atoms with Gasteiger partial charge >= 0.3 is 0 Å². The van der Waals surface area contributed by atoms with Gasteiger partial charge in [-0.15, -0.1) is 0 Å². The molecule has 0 aliphatic rings. The van der Waals surface area contributed by atoms with E-state index >= 15 is 0 Å². The number of carbonyl (C=O) groups excluding carboxylic acids is 1. The minimum atomic E-state index is -0.343. The molecule has 0 aliphatic heterocycles. The quantitative estimate of drug-likeness (QED) is 0.413. The SMILES string of the molecule is CCOc1ccc(/C=C/C(=O)NNC(=S)NCc2ccc(F)cc2)cc1. The molecule has 26 heavy (non-hydrogen) atoms. The summed E-state index contributed by atoms with van der Waals surface area (Å²) in [5, 5.41) is 3.17. The van der Waals surface area contributed by atoms with E-state index in [4.69, 9.17) is 17.0 Å². The van der Waals surface area contributed by atoms with Crippen LogP contribution in [0.15, 0.2) is 54.6 Å². The minimum absolute atomic E-state index is 0.261. The van der Waals surface area contributed by atoms with Crippen molar-refractivity contribution in [3.8, 4) is 5.75 Å². The lowest BCUT2D eigenvalue weighted by Gasteiger charge is -2.10. The molecule has 7 heteroatoms. The van der Waals surface area contributed by atoms with E-state index in [1.54, 1.807) is 18.2 Å². The molecule has 136 valence electrons. The fourth-order valence-corrected chi connectivity index (χ4v) is 2.13. The van der Waals surface area contributed by atoms with Crippen LogP contribution in [-0.2, 0) is 11.3 Å². The van der Waals surface area contributed by atoms with Crippen LogP contribution in [0.3, 0.4) is 0 Å².